The predicted octanol–water partition coefficient (Wildman–Crippen LogP) is 6.03. The number of methoxy groups -OCH3 is 1. The van der Waals surface area contributed by atoms with Crippen LogP contribution < -0.4 is 9.64 Å². The summed E-state index contributed by atoms with van der Waals surface area (Å²) in [6, 6.07) is 12.9. The summed E-state index contributed by atoms with van der Waals surface area (Å²) < 4.78 is 6.03. The quantitative estimate of drug-likeness (QED) is 0.618. The van der Waals surface area contributed by atoms with Gasteiger partial charge in [-0.3, -0.25) is 0 Å². The van der Waals surface area contributed by atoms with Gasteiger partial charge in [0.2, 0.25) is 0 Å². The normalized spacial score (nSPS) is 19.8. The van der Waals surface area contributed by atoms with Crippen LogP contribution in [-0.2, 0) is 10.8 Å². The van der Waals surface area contributed by atoms with Crippen molar-refractivity contribution in [3.05, 3.63) is 58.7 Å². The number of benzene rings is 2. The summed E-state index contributed by atoms with van der Waals surface area (Å²) in [4.78, 5) is 2.59. The predicted molar refractivity (Wildman–Crippen MR) is 116 cm³/mol. The molecule has 0 saturated heterocycles. The average molecular weight is 362 g/mol. The van der Waals surface area contributed by atoms with Crippen molar-refractivity contribution in [1.29, 1.82) is 0 Å². The Morgan fingerprint density at radius 2 is 1.59 bits per heavy atom. The first-order chi connectivity index (χ1) is 12.8. The number of nitrogens with zero attached hydrogens (tertiary/aromatic N) is 1. The zero-order valence-electron chi connectivity index (χ0n) is 17.3. The fourth-order valence-corrected chi connectivity index (χ4v) is 4.67. The monoisotopic (exact) mass is 361 g/mol. The van der Waals surface area contributed by atoms with Crippen molar-refractivity contribution < 1.29 is 4.74 Å². The molecule has 0 spiro atoms. The van der Waals surface area contributed by atoms with E-state index in [9.17, 15) is 0 Å². The Balaban J connectivity index is 1.95. The standard InChI is InChI=1S/C25H31NO/c1-24(2)13-15-26-16-14-25(3,4)21-22(26)20(24)17-19(23(21)27-5)12-11-18-9-7-6-8-10-18/h6-12,17H,13-16H2,1-5H3/b12-11+. The van der Waals surface area contributed by atoms with Gasteiger partial charge in [-0.1, -0.05) is 70.2 Å². The van der Waals surface area contributed by atoms with Crippen LogP contribution in [-0.4, -0.2) is 20.2 Å². The van der Waals surface area contributed by atoms with Crippen LogP contribution in [0.1, 0.15) is 62.8 Å². The number of anilines is 1. The van der Waals surface area contributed by atoms with E-state index in [0.717, 1.165) is 18.8 Å². The van der Waals surface area contributed by atoms with Gasteiger partial charge in [-0.05, 0) is 40.9 Å². The molecule has 0 bridgehead atoms. The highest BCUT2D eigenvalue weighted by Gasteiger charge is 2.42. The van der Waals surface area contributed by atoms with Gasteiger partial charge < -0.3 is 9.64 Å². The molecule has 0 unspecified atom stereocenters. The van der Waals surface area contributed by atoms with Gasteiger partial charge in [-0.2, -0.15) is 0 Å². The highest BCUT2D eigenvalue weighted by molar-refractivity contribution is 5.81. The zero-order valence-corrected chi connectivity index (χ0v) is 17.3. The Hall–Kier alpha value is -2.22. The Morgan fingerprint density at radius 1 is 0.926 bits per heavy atom. The summed E-state index contributed by atoms with van der Waals surface area (Å²) in [5, 5.41) is 0. The highest BCUT2D eigenvalue weighted by Crippen LogP contribution is 2.53. The molecule has 27 heavy (non-hydrogen) atoms. The fraction of sp³-hybridized carbons (Fsp3) is 0.440. The minimum absolute atomic E-state index is 0.121. The van der Waals surface area contributed by atoms with Crippen molar-refractivity contribution in [1.82, 2.24) is 0 Å². The molecule has 0 N–H and O–H groups in total. The smallest absolute Gasteiger partial charge is 0.131 e. The summed E-state index contributed by atoms with van der Waals surface area (Å²) in [7, 11) is 1.82. The highest BCUT2D eigenvalue weighted by atomic mass is 16.5. The van der Waals surface area contributed by atoms with Crippen molar-refractivity contribution in [2.75, 3.05) is 25.1 Å². The molecule has 2 aliphatic rings. The lowest BCUT2D eigenvalue weighted by molar-refractivity contribution is 0.362. The fourth-order valence-electron chi connectivity index (χ4n) is 4.67. The number of ether oxygens (including phenoxy) is 1. The molecule has 2 heteroatoms. The van der Waals surface area contributed by atoms with Crippen molar-refractivity contribution in [2.24, 2.45) is 0 Å². The Morgan fingerprint density at radius 3 is 2.26 bits per heavy atom. The molecular weight excluding hydrogens is 330 g/mol. The van der Waals surface area contributed by atoms with Gasteiger partial charge >= 0.3 is 0 Å². The van der Waals surface area contributed by atoms with E-state index in [1.165, 1.54) is 40.8 Å². The summed E-state index contributed by atoms with van der Waals surface area (Å²) >= 11 is 0. The van der Waals surface area contributed by atoms with E-state index in [1.54, 1.807) is 0 Å². The van der Waals surface area contributed by atoms with Crippen LogP contribution in [0.2, 0.25) is 0 Å². The lowest BCUT2D eigenvalue weighted by Crippen LogP contribution is -2.45. The van der Waals surface area contributed by atoms with E-state index in [4.69, 9.17) is 4.74 Å². The van der Waals surface area contributed by atoms with Crippen LogP contribution in [0, 0.1) is 0 Å². The van der Waals surface area contributed by atoms with Crippen LogP contribution in [0.5, 0.6) is 5.75 Å². The number of hydrogen-bond donors (Lipinski definition) is 0. The molecule has 0 saturated carbocycles. The van der Waals surface area contributed by atoms with E-state index in [0.29, 0.717) is 0 Å². The summed E-state index contributed by atoms with van der Waals surface area (Å²) in [6.45, 7) is 11.8. The van der Waals surface area contributed by atoms with Gasteiger partial charge in [0, 0.05) is 29.9 Å². The number of rotatable bonds is 3. The Bertz CT molecular complexity index is 875. The van der Waals surface area contributed by atoms with Gasteiger partial charge in [-0.15, -0.1) is 0 Å². The maximum absolute atomic E-state index is 6.03. The minimum Gasteiger partial charge on any atom is -0.496 e. The van der Waals surface area contributed by atoms with Crippen molar-refractivity contribution in [2.45, 2.75) is 51.4 Å². The second-order valence-corrected chi connectivity index (χ2v) is 9.27. The Labute approximate surface area is 163 Å². The van der Waals surface area contributed by atoms with Gasteiger partial charge in [0.25, 0.3) is 0 Å². The molecule has 2 aromatic carbocycles. The molecule has 0 aromatic heterocycles. The third kappa shape index (κ3) is 3.05. The van der Waals surface area contributed by atoms with Crippen LogP contribution in [0.4, 0.5) is 5.69 Å². The molecule has 4 rings (SSSR count). The molecule has 2 nitrogen and oxygen atoms in total. The second kappa shape index (κ2) is 6.44. The Kier molecular flexibility index (Phi) is 4.33. The largest absolute Gasteiger partial charge is 0.496 e. The van der Waals surface area contributed by atoms with Gasteiger partial charge in [0.1, 0.15) is 5.75 Å². The van der Waals surface area contributed by atoms with Crippen LogP contribution in [0.3, 0.4) is 0 Å². The first-order valence-electron chi connectivity index (χ1n) is 10.1. The van der Waals surface area contributed by atoms with Gasteiger partial charge in [0.15, 0.2) is 0 Å². The summed E-state index contributed by atoms with van der Waals surface area (Å²) in [6.07, 6.45) is 6.79. The SMILES string of the molecule is COc1c(/C=C/c2ccccc2)cc2c3c1C(C)(C)CCN3CCC2(C)C. The lowest BCUT2D eigenvalue weighted by Gasteiger charge is -2.48. The number of hydrogen-bond acceptors (Lipinski definition) is 2. The summed E-state index contributed by atoms with van der Waals surface area (Å²) in [5.74, 6) is 1.05. The molecule has 0 fully saturated rings. The topological polar surface area (TPSA) is 12.5 Å². The molecule has 2 heterocycles. The van der Waals surface area contributed by atoms with Crippen molar-refractivity contribution >= 4 is 17.8 Å². The third-order valence-electron chi connectivity index (χ3n) is 6.48. The molecule has 0 atom stereocenters. The maximum Gasteiger partial charge on any atom is 0.131 e. The lowest BCUT2D eigenvalue weighted by atomic mass is 9.68. The average Bonchev–Trinajstić information content (AvgIpc) is 2.65. The first-order valence-corrected chi connectivity index (χ1v) is 10.1. The first kappa shape index (κ1) is 18.2. The van der Waals surface area contributed by atoms with Crippen molar-refractivity contribution in [3.8, 4) is 5.75 Å². The van der Waals surface area contributed by atoms with Gasteiger partial charge in [0.05, 0.1) is 7.11 Å². The molecule has 2 aliphatic heterocycles. The molecule has 0 radical (unpaired) electrons. The molecule has 142 valence electrons. The van der Waals surface area contributed by atoms with E-state index >= 15 is 0 Å². The van der Waals surface area contributed by atoms with E-state index < -0.39 is 0 Å². The van der Waals surface area contributed by atoms with Crippen LogP contribution >= 0.6 is 0 Å². The second-order valence-electron chi connectivity index (χ2n) is 9.27. The molecular formula is C25H31NO. The van der Waals surface area contributed by atoms with Crippen LogP contribution in [0.15, 0.2) is 36.4 Å². The third-order valence-corrected chi connectivity index (χ3v) is 6.48. The molecule has 0 amide bonds. The van der Waals surface area contributed by atoms with E-state index in [-0.39, 0.29) is 10.8 Å². The maximum atomic E-state index is 6.03. The van der Waals surface area contributed by atoms with Crippen LogP contribution in [0.25, 0.3) is 12.2 Å². The molecule has 2 aromatic rings. The van der Waals surface area contributed by atoms with Gasteiger partial charge in [-0.25, -0.2) is 0 Å². The van der Waals surface area contributed by atoms with E-state index in [1.807, 2.05) is 7.11 Å². The summed E-state index contributed by atoms with van der Waals surface area (Å²) in [5.41, 5.74) is 7.03. The zero-order chi connectivity index (χ0) is 19.2. The van der Waals surface area contributed by atoms with Crippen molar-refractivity contribution in [3.63, 3.8) is 0 Å². The minimum atomic E-state index is 0.121. The van der Waals surface area contributed by atoms with E-state index in [2.05, 4.69) is 81.1 Å². The molecule has 0 aliphatic carbocycles.